The summed E-state index contributed by atoms with van der Waals surface area (Å²) in [6.07, 6.45) is -3.50. The quantitative estimate of drug-likeness (QED) is 0.615. The van der Waals surface area contributed by atoms with E-state index in [0.29, 0.717) is 16.7 Å². The standard InChI is InChI=1S/C16H9ClF3NO/c17-13-4-1-10(2-5-13)12(9-21)7-11-3-6-14(22)8-15(11)16(18,19)20/h1-8,22H. The molecule has 0 aliphatic carbocycles. The molecule has 0 saturated carbocycles. The van der Waals surface area contributed by atoms with Gasteiger partial charge in [0.1, 0.15) is 5.75 Å². The molecule has 0 fully saturated rings. The third-order valence-corrected chi connectivity index (χ3v) is 3.17. The highest BCUT2D eigenvalue weighted by Gasteiger charge is 2.33. The number of phenolic OH excluding ortho intramolecular Hbond substituents is 1. The fourth-order valence-corrected chi connectivity index (χ4v) is 2.01. The van der Waals surface area contributed by atoms with Crippen molar-refractivity contribution in [3.63, 3.8) is 0 Å². The number of phenols is 1. The van der Waals surface area contributed by atoms with Gasteiger partial charge in [-0.05, 0) is 41.5 Å². The Balaban J connectivity index is 2.56. The molecular formula is C16H9ClF3NO. The Morgan fingerprint density at radius 2 is 1.77 bits per heavy atom. The second-order valence-electron chi connectivity index (χ2n) is 4.45. The van der Waals surface area contributed by atoms with Gasteiger partial charge in [0.15, 0.2) is 0 Å². The predicted molar refractivity (Wildman–Crippen MR) is 78.0 cm³/mol. The van der Waals surface area contributed by atoms with Gasteiger partial charge in [0, 0.05) is 5.02 Å². The van der Waals surface area contributed by atoms with Crippen molar-refractivity contribution >= 4 is 23.3 Å². The Morgan fingerprint density at radius 3 is 2.32 bits per heavy atom. The lowest BCUT2D eigenvalue weighted by atomic mass is 10.00. The van der Waals surface area contributed by atoms with Gasteiger partial charge < -0.3 is 5.11 Å². The number of aromatic hydroxyl groups is 1. The molecule has 0 amide bonds. The molecule has 0 heterocycles. The molecule has 0 aromatic heterocycles. The Bertz CT molecular complexity index is 758. The van der Waals surface area contributed by atoms with Gasteiger partial charge in [-0.1, -0.05) is 29.8 Å². The zero-order valence-electron chi connectivity index (χ0n) is 11.0. The molecule has 0 saturated heterocycles. The van der Waals surface area contributed by atoms with Crippen LogP contribution in [-0.4, -0.2) is 5.11 Å². The first-order valence-electron chi connectivity index (χ1n) is 6.09. The maximum absolute atomic E-state index is 13.0. The molecule has 0 atom stereocenters. The summed E-state index contributed by atoms with van der Waals surface area (Å²) in [5.41, 5.74) is -0.688. The fraction of sp³-hybridized carbons (Fsp3) is 0.0625. The normalized spacial score (nSPS) is 12.0. The van der Waals surface area contributed by atoms with Crippen LogP contribution in [0.2, 0.25) is 5.02 Å². The third kappa shape index (κ3) is 3.60. The molecular weight excluding hydrogens is 315 g/mol. The number of benzene rings is 2. The van der Waals surface area contributed by atoms with Crippen molar-refractivity contribution in [2.24, 2.45) is 0 Å². The Hall–Kier alpha value is -2.45. The van der Waals surface area contributed by atoms with E-state index in [4.69, 9.17) is 11.6 Å². The summed E-state index contributed by atoms with van der Waals surface area (Å²) in [7, 11) is 0. The van der Waals surface area contributed by atoms with Crippen molar-refractivity contribution in [3.05, 3.63) is 64.2 Å². The average molecular weight is 324 g/mol. The number of nitriles is 1. The predicted octanol–water partition coefficient (Wildman–Crippen LogP) is 5.13. The number of hydrogen-bond acceptors (Lipinski definition) is 2. The maximum Gasteiger partial charge on any atom is 0.417 e. The van der Waals surface area contributed by atoms with E-state index in [2.05, 4.69) is 0 Å². The number of halogens is 4. The summed E-state index contributed by atoms with van der Waals surface area (Å²) in [6, 6.07) is 10.9. The second kappa shape index (κ2) is 6.12. The molecule has 0 unspecified atom stereocenters. The van der Waals surface area contributed by atoms with E-state index < -0.39 is 17.5 Å². The number of nitrogens with zero attached hydrogens (tertiary/aromatic N) is 1. The summed E-state index contributed by atoms with van der Waals surface area (Å²) in [5, 5.41) is 18.9. The fourth-order valence-electron chi connectivity index (χ4n) is 1.88. The van der Waals surface area contributed by atoms with Gasteiger partial charge in [-0.15, -0.1) is 0 Å². The lowest BCUT2D eigenvalue weighted by molar-refractivity contribution is -0.137. The van der Waals surface area contributed by atoms with Crippen molar-refractivity contribution in [3.8, 4) is 11.8 Å². The van der Waals surface area contributed by atoms with Crippen LogP contribution in [0.3, 0.4) is 0 Å². The van der Waals surface area contributed by atoms with Crippen LogP contribution < -0.4 is 0 Å². The molecule has 0 spiro atoms. The molecule has 0 aliphatic heterocycles. The molecule has 0 bridgehead atoms. The number of alkyl halides is 3. The van der Waals surface area contributed by atoms with Crippen LogP contribution in [0.5, 0.6) is 5.75 Å². The van der Waals surface area contributed by atoms with Crippen LogP contribution in [0.4, 0.5) is 13.2 Å². The van der Waals surface area contributed by atoms with Gasteiger partial charge >= 0.3 is 6.18 Å². The van der Waals surface area contributed by atoms with E-state index in [1.54, 1.807) is 24.3 Å². The molecule has 2 rings (SSSR count). The molecule has 0 radical (unpaired) electrons. The van der Waals surface area contributed by atoms with Crippen LogP contribution in [-0.2, 0) is 6.18 Å². The molecule has 1 N–H and O–H groups in total. The number of rotatable bonds is 2. The first kappa shape index (κ1) is 15.9. The van der Waals surface area contributed by atoms with Gasteiger partial charge in [0.05, 0.1) is 17.2 Å². The van der Waals surface area contributed by atoms with Crippen LogP contribution >= 0.6 is 11.6 Å². The molecule has 2 nitrogen and oxygen atoms in total. The van der Waals surface area contributed by atoms with E-state index in [1.165, 1.54) is 0 Å². The topological polar surface area (TPSA) is 44.0 Å². The summed E-state index contributed by atoms with van der Waals surface area (Å²) in [6.45, 7) is 0. The largest absolute Gasteiger partial charge is 0.508 e. The van der Waals surface area contributed by atoms with Crippen LogP contribution in [0, 0.1) is 11.3 Å². The third-order valence-electron chi connectivity index (χ3n) is 2.92. The van der Waals surface area contributed by atoms with E-state index in [-0.39, 0.29) is 11.1 Å². The first-order valence-corrected chi connectivity index (χ1v) is 6.47. The molecule has 2 aromatic carbocycles. The number of hydrogen-bond donors (Lipinski definition) is 1. The first-order chi connectivity index (χ1) is 10.3. The lowest BCUT2D eigenvalue weighted by Gasteiger charge is -2.11. The van der Waals surface area contributed by atoms with Crippen molar-refractivity contribution in [2.45, 2.75) is 6.18 Å². The SMILES string of the molecule is N#CC(=Cc1ccc(O)cc1C(F)(F)F)c1ccc(Cl)cc1. The summed E-state index contributed by atoms with van der Waals surface area (Å²) >= 11 is 5.74. The van der Waals surface area contributed by atoms with E-state index in [0.717, 1.165) is 18.2 Å². The molecule has 6 heteroatoms. The van der Waals surface area contributed by atoms with Crippen LogP contribution in [0.25, 0.3) is 11.6 Å². The van der Waals surface area contributed by atoms with Gasteiger partial charge in [0.25, 0.3) is 0 Å². The summed E-state index contributed by atoms with van der Waals surface area (Å²) < 4.78 is 39.0. The summed E-state index contributed by atoms with van der Waals surface area (Å²) in [5.74, 6) is -0.491. The molecule has 22 heavy (non-hydrogen) atoms. The van der Waals surface area contributed by atoms with Gasteiger partial charge in [-0.25, -0.2) is 0 Å². The highest BCUT2D eigenvalue weighted by Crippen LogP contribution is 2.35. The molecule has 0 aliphatic rings. The monoisotopic (exact) mass is 323 g/mol. The summed E-state index contributed by atoms with van der Waals surface area (Å²) in [4.78, 5) is 0. The Kier molecular flexibility index (Phi) is 4.43. The molecule has 112 valence electrons. The second-order valence-corrected chi connectivity index (χ2v) is 4.88. The minimum absolute atomic E-state index is 0.0628. The Morgan fingerprint density at radius 1 is 1.14 bits per heavy atom. The zero-order chi connectivity index (χ0) is 16.3. The highest BCUT2D eigenvalue weighted by molar-refractivity contribution is 6.30. The van der Waals surface area contributed by atoms with E-state index in [1.807, 2.05) is 6.07 Å². The maximum atomic E-state index is 13.0. The zero-order valence-corrected chi connectivity index (χ0v) is 11.8. The smallest absolute Gasteiger partial charge is 0.417 e. The van der Waals surface area contributed by atoms with Crippen molar-refractivity contribution in [1.29, 1.82) is 5.26 Å². The van der Waals surface area contributed by atoms with E-state index >= 15 is 0 Å². The van der Waals surface area contributed by atoms with Gasteiger partial charge in [-0.2, -0.15) is 18.4 Å². The van der Waals surface area contributed by atoms with Crippen LogP contribution in [0.15, 0.2) is 42.5 Å². The number of allylic oxidation sites excluding steroid dienone is 1. The highest BCUT2D eigenvalue weighted by atomic mass is 35.5. The minimum atomic E-state index is -4.63. The lowest BCUT2D eigenvalue weighted by Crippen LogP contribution is -2.07. The Labute approximate surface area is 129 Å². The van der Waals surface area contributed by atoms with Crippen molar-refractivity contribution in [2.75, 3.05) is 0 Å². The van der Waals surface area contributed by atoms with Gasteiger partial charge in [0.2, 0.25) is 0 Å². The van der Waals surface area contributed by atoms with Crippen molar-refractivity contribution < 1.29 is 18.3 Å². The molecule has 2 aromatic rings. The minimum Gasteiger partial charge on any atom is -0.508 e. The van der Waals surface area contributed by atoms with Crippen LogP contribution in [0.1, 0.15) is 16.7 Å². The van der Waals surface area contributed by atoms with Crippen molar-refractivity contribution in [1.82, 2.24) is 0 Å². The van der Waals surface area contributed by atoms with E-state index in [9.17, 15) is 23.5 Å². The average Bonchev–Trinajstić information content (AvgIpc) is 2.46. The van der Waals surface area contributed by atoms with Gasteiger partial charge in [-0.3, -0.25) is 0 Å².